The van der Waals surface area contributed by atoms with Gasteiger partial charge in [-0.2, -0.15) is 0 Å². The van der Waals surface area contributed by atoms with Gasteiger partial charge in [-0.25, -0.2) is 0 Å². The largest absolute Gasteiger partial charge is 0.497 e. The first-order chi connectivity index (χ1) is 10.8. The summed E-state index contributed by atoms with van der Waals surface area (Å²) in [6, 6.07) is 17.9. The minimum absolute atomic E-state index is 0.501. The molecule has 3 heteroatoms. The van der Waals surface area contributed by atoms with Gasteiger partial charge in [0.2, 0.25) is 0 Å². The SMILES string of the molecule is C=C(COCc1ccccc1)COCc1ccc(OC)cc1. The summed E-state index contributed by atoms with van der Waals surface area (Å²) in [5.74, 6) is 0.850. The van der Waals surface area contributed by atoms with Gasteiger partial charge in [-0.3, -0.25) is 0 Å². The second-order valence-corrected chi connectivity index (χ2v) is 5.07. The highest BCUT2D eigenvalue weighted by Gasteiger charge is 1.99. The van der Waals surface area contributed by atoms with Gasteiger partial charge in [-0.1, -0.05) is 49.0 Å². The average molecular weight is 298 g/mol. The highest BCUT2D eigenvalue weighted by molar-refractivity contribution is 5.26. The monoisotopic (exact) mass is 298 g/mol. The topological polar surface area (TPSA) is 27.7 Å². The Hall–Kier alpha value is -2.10. The van der Waals surface area contributed by atoms with E-state index in [1.54, 1.807) is 7.11 Å². The normalized spacial score (nSPS) is 10.4. The number of hydrogen-bond donors (Lipinski definition) is 0. The Labute approximate surface area is 132 Å². The molecule has 2 aromatic rings. The molecule has 116 valence electrons. The average Bonchev–Trinajstić information content (AvgIpc) is 2.56. The lowest BCUT2D eigenvalue weighted by atomic mass is 10.2. The molecule has 0 bridgehead atoms. The number of rotatable bonds is 9. The maximum absolute atomic E-state index is 5.64. The van der Waals surface area contributed by atoms with E-state index in [2.05, 4.69) is 6.58 Å². The van der Waals surface area contributed by atoms with E-state index in [1.165, 1.54) is 0 Å². The quantitative estimate of drug-likeness (QED) is 0.655. The van der Waals surface area contributed by atoms with E-state index in [9.17, 15) is 0 Å². The van der Waals surface area contributed by atoms with Gasteiger partial charge in [0, 0.05) is 0 Å². The van der Waals surface area contributed by atoms with Crippen molar-refractivity contribution in [3.05, 3.63) is 77.9 Å². The first-order valence-corrected chi connectivity index (χ1v) is 7.27. The summed E-state index contributed by atoms with van der Waals surface area (Å²) in [6.45, 7) is 6.14. The van der Waals surface area contributed by atoms with Gasteiger partial charge < -0.3 is 14.2 Å². The highest BCUT2D eigenvalue weighted by Crippen LogP contribution is 2.12. The summed E-state index contributed by atoms with van der Waals surface area (Å²) in [5.41, 5.74) is 3.21. The maximum atomic E-state index is 5.64. The van der Waals surface area contributed by atoms with Gasteiger partial charge >= 0.3 is 0 Å². The van der Waals surface area contributed by atoms with Gasteiger partial charge in [-0.15, -0.1) is 0 Å². The minimum Gasteiger partial charge on any atom is -0.497 e. The van der Waals surface area contributed by atoms with E-state index in [4.69, 9.17) is 14.2 Å². The van der Waals surface area contributed by atoms with Crippen molar-refractivity contribution in [1.29, 1.82) is 0 Å². The lowest BCUT2D eigenvalue weighted by Gasteiger charge is -2.09. The molecule has 2 aromatic carbocycles. The first-order valence-electron chi connectivity index (χ1n) is 7.27. The molecule has 0 aliphatic rings. The zero-order valence-corrected chi connectivity index (χ0v) is 13.0. The van der Waals surface area contributed by atoms with Crippen molar-refractivity contribution in [2.45, 2.75) is 13.2 Å². The zero-order valence-electron chi connectivity index (χ0n) is 13.0. The lowest BCUT2D eigenvalue weighted by Crippen LogP contribution is -2.05. The second kappa shape index (κ2) is 9.03. The summed E-state index contributed by atoms with van der Waals surface area (Å²) in [7, 11) is 1.66. The van der Waals surface area contributed by atoms with Gasteiger partial charge in [-0.05, 0) is 28.8 Å². The van der Waals surface area contributed by atoms with Gasteiger partial charge in [0.25, 0.3) is 0 Å². The fourth-order valence-electron chi connectivity index (χ4n) is 1.96. The Bertz CT molecular complexity index is 561. The van der Waals surface area contributed by atoms with Crippen LogP contribution in [0.15, 0.2) is 66.7 Å². The van der Waals surface area contributed by atoms with Crippen LogP contribution in [0, 0.1) is 0 Å². The summed E-state index contributed by atoms with van der Waals surface area (Å²) < 4.78 is 16.4. The summed E-state index contributed by atoms with van der Waals surface area (Å²) in [6.07, 6.45) is 0. The van der Waals surface area contributed by atoms with Crippen molar-refractivity contribution in [2.75, 3.05) is 20.3 Å². The molecule has 3 nitrogen and oxygen atoms in total. The standard InChI is InChI=1S/C19H22O3/c1-16(12-21-14-17-6-4-3-5-7-17)13-22-15-18-8-10-19(20-2)11-9-18/h3-11H,1,12-15H2,2H3. The van der Waals surface area contributed by atoms with Crippen molar-refractivity contribution in [3.63, 3.8) is 0 Å². The Morgan fingerprint density at radius 1 is 0.818 bits per heavy atom. The molecule has 0 unspecified atom stereocenters. The molecule has 2 rings (SSSR count). The van der Waals surface area contributed by atoms with Crippen LogP contribution in [0.3, 0.4) is 0 Å². The van der Waals surface area contributed by atoms with Crippen molar-refractivity contribution < 1.29 is 14.2 Å². The van der Waals surface area contributed by atoms with E-state index in [1.807, 2.05) is 54.6 Å². The smallest absolute Gasteiger partial charge is 0.118 e. The molecule has 0 aromatic heterocycles. The Balaban J connectivity index is 1.61. The molecular formula is C19H22O3. The molecule has 0 atom stereocenters. The molecule has 0 saturated carbocycles. The summed E-state index contributed by atoms with van der Waals surface area (Å²) in [4.78, 5) is 0. The zero-order chi connectivity index (χ0) is 15.6. The molecule has 0 spiro atoms. The van der Waals surface area contributed by atoms with E-state index >= 15 is 0 Å². The van der Waals surface area contributed by atoms with E-state index < -0.39 is 0 Å². The molecule has 0 N–H and O–H groups in total. The molecule has 0 aliphatic heterocycles. The van der Waals surface area contributed by atoms with Crippen LogP contribution in [0.4, 0.5) is 0 Å². The molecule has 0 radical (unpaired) electrons. The first kappa shape index (κ1) is 16.3. The molecule has 0 aliphatic carbocycles. The van der Waals surface area contributed by atoms with Crippen LogP contribution in [-0.4, -0.2) is 20.3 Å². The van der Waals surface area contributed by atoms with Crippen LogP contribution < -0.4 is 4.74 Å². The molecule has 0 saturated heterocycles. The fraction of sp³-hybridized carbons (Fsp3) is 0.263. The summed E-state index contributed by atoms with van der Waals surface area (Å²) in [5, 5.41) is 0. The van der Waals surface area contributed by atoms with Gasteiger partial charge in [0.05, 0.1) is 33.5 Å². The van der Waals surface area contributed by atoms with Crippen LogP contribution >= 0.6 is 0 Å². The molecule has 22 heavy (non-hydrogen) atoms. The Kier molecular flexibility index (Phi) is 6.68. The van der Waals surface area contributed by atoms with Crippen LogP contribution in [0.1, 0.15) is 11.1 Å². The van der Waals surface area contributed by atoms with Crippen molar-refractivity contribution in [2.24, 2.45) is 0 Å². The number of hydrogen-bond acceptors (Lipinski definition) is 3. The number of ether oxygens (including phenoxy) is 3. The minimum atomic E-state index is 0.501. The summed E-state index contributed by atoms with van der Waals surface area (Å²) >= 11 is 0. The molecule has 0 heterocycles. The molecular weight excluding hydrogens is 276 g/mol. The Morgan fingerprint density at radius 3 is 1.91 bits per heavy atom. The fourth-order valence-corrected chi connectivity index (χ4v) is 1.96. The van der Waals surface area contributed by atoms with Gasteiger partial charge in [0.1, 0.15) is 5.75 Å². The van der Waals surface area contributed by atoms with Crippen molar-refractivity contribution in [1.82, 2.24) is 0 Å². The number of benzene rings is 2. The molecule has 0 amide bonds. The number of methoxy groups -OCH3 is 1. The Morgan fingerprint density at radius 2 is 1.36 bits per heavy atom. The highest BCUT2D eigenvalue weighted by atomic mass is 16.5. The predicted molar refractivity (Wildman–Crippen MR) is 87.9 cm³/mol. The van der Waals surface area contributed by atoms with E-state index in [-0.39, 0.29) is 0 Å². The van der Waals surface area contributed by atoms with Crippen LogP contribution in [0.25, 0.3) is 0 Å². The van der Waals surface area contributed by atoms with Crippen LogP contribution in [-0.2, 0) is 22.7 Å². The van der Waals surface area contributed by atoms with Crippen molar-refractivity contribution >= 4 is 0 Å². The maximum Gasteiger partial charge on any atom is 0.118 e. The third-order valence-corrected chi connectivity index (χ3v) is 3.15. The predicted octanol–water partition coefficient (Wildman–Crippen LogP) is 3.98. The van der Waals surface area contributed by atoms with Crippen LogP contribution in [0.5, 0.6) is 5.75 Å². The molecule has 0 fully saturated rings. The van der Waals surface area contributed by atoms with E-state index in [0.717, 1.165) is 22.4 Å². The van der Waals surface area contributed by atoms with Crippen LogP contribution in [0.2, 0.25) is 0 Å². The third kappa shape index (κ3) is 5.72. The lowest BCUT2D eigenvalue weighted by molar-refractivity contribution is 0.105. The van der Waals surface area contributed by atoms with Crippen molar-refractivity contribution in [3.8, 4) is 5.75 Å². The second-order valence-electron chi connectivity index (χ2n) is 5.07. The van der Waals surface area contributed by atoms with E-state index in [0.29, 0.717) is 26.4 Å². The third-order valence-electron chi connectivity index (χ3n) is 3.15. The van der Waals surface area contributed by atoms with Gasteiger partial charge in [0.15, 0.2) is 0 Å².